The molecule has 3 fully saturated rings. The van der Waals surface area contributed by atoms with E-state index in [-0.39, 0.29) is 12.0 Å². The predicted molar refractivity (Wildman–Crippen MR) is 146 cm³/mol. The third-order valence-electron chi connectivity index (χ3n) is 7.86. The number of aromatic nitrogens is 1. The fourth-order valence-electron chi connectivity index (χ4n) is 5.79. The molecule has 2 atom stereocenters. The maximum absolute atomic E-state index is 12.8. The summed E-state index contributed by atoms with van der Waals surface area (Å²) in [5.74, 6) is 1.58. The van der Waals surface area contributed by atoms with Crippen LogP contribution in [-0.2, 0) is 4.74 Å². The summed E-state index contributed by atoms with van der Waals surface area (Å²) in [6.45, 7) is 8.52. The molecule has 5 rings (SSSR count). The van der Waals surface area contributed by atoms with Crippen molar-refractivity contribution in [3.05, 3.63) is 35.9 Å². The van der Waals surface area contributed by atoms with Crippen LogP contribution in [0.4, 0.5) is 30.5 Å². The van der Waals surface area contributed by atoms with Crippen LogP contribution >= 0.6 is 0 Å². The summed E-state index contributed by atoms with van der Waals surface area (Å²) in [5, 5.41) is 3.44. The van der Waals surface area contributed by atoms with Gasteiger partial charge in [0.2, 0.25) is 0 Å². The molecule has 3 aliphatic rings. The number of rotatable bonds is 7. The number of halogens is 3. The standard InChI is InChI=1S/C28H39F3N6O/c1-20-4-5-24(33-19-35-8-6-21(17-35)16-28(29,30)31)15-25(20)22-13-26(36-9-11-38-12-10-36)34-27(14-22)37-7-2-3-23(32)18-37/h4-5,13-15,21,23,33H,2-3,6-12,16-19,32H2,1H3/t21-,23-/m0/s1. The summed E-state index contributed by atoms with van der Waals surface area (Å²) in [7, 11) is 0. The quantitative estimate of drug-likeness (QED) is 0.546. The zero-order chi connectivity index (χ0) is 26.7. The van der Waals surface area contributed by atoms with Crippen LogP contribution in [0, 0.1) is 12.8 Å². The molecule has 0 bridgehead atoms. The van der Waals surface area contributed by atoms with Crippen molar-refractivity contribution < 1.29 is 17.9 Å². The first-order valence-electron chi connectivity index (χ1n) is 13.7. The van der Waals surface area contributed by atoms with E-state index in [1.807, 2.05) is 6.07 Å². The fraction of sp³-hybridized carbons (Fsp3) is 0.607. The van der Waals surface area contributed by atoms with Gasteiger partial charge in [0.05, 0.1) is 19.9 Å². The molecular weight excluding hydrogens is 493 g/mol. The van der Waals surface area contributed by atoms with Crippen LogP contribution in [0.3, 0.4) is 0 Å². The Morgan fingerprint density at radius 1 is 1.00 bits per heavy atom. The van der Waals surface area contributed by atoms with Gasteiger partial charge in [-0.25, -0.2) is 4.98 Å². The molecule has 10 heteroatoms. The number of hydrogen-bond acceptors (Lipinski definition) is 7. The van der Waals surface area contributed by atoms with Gasteiger partial charge in [-0.05, 0) is 73.1 Å². The topological polar surface area (TPSA) is 69.9 Å². The second-order valence-corrected chi connectivity index (χ2v) is 10.9. The molecule has 208 valence electrons. The Morgan fingerprint density at radius 3 is 2.50 bits per heavy atom. The lowest BCUT2D eigenvalue weighted by Crippen LogP contribution is -2.43. The van der Waals surface area contributed by atoms with Gasteiger partial charge in [0.1, 0.15) is 11.6 Å². The molecule has 38 heavy (non-hydrogen) atoms. The second-order valence-electron chi connectivity index (χ2n) is 10.9. The van der Waals surface area contributed by atoms with E-state index in [1.54, 1.807) is 0 Å². The molecule has 4 heterocycles. The highest BCUT2D eigenvalue weighted by Gasteiger charge is 2.35. The molecule has 3 aliphatic heterocycles. The molecule has 1 aromatic carbocycles. The summed E-state index contributed by atoms with van der Waals surface area (Å²) in [5.41, 5.74) is 10.6. The van der Waals surface area contributed by atoms with E-state index < -0.39 is 12.6 Å². The Morgan fingerprint density at radius 2 is 1.76 bits per heavy atom. The highest BCUT2D eigenvalue weighted by molar-refractivity contribution is 5.76. The van der Waals surface area contributed by atoms with Crippen molar-refractivity contribution in [2.45, 2.75) is 44.8 Å². The molecule has 0 amide bonds. The largest absolute Gasteiger partial charge is 0.389 e. The van der Waals surface area contributed by atoms with Gasteiger partial charge in [-0.15, -0.1) is 0 Å². The molecule has 2 aromatic rings. The Labute approximate surface area is 223 Å². The lowest BCUT2D eigenvalue weighted by atomic mass is 9.99. The Kier molecular flexibility index (Phi) is 8.30. The highest BCUT2D eigenvalue weighted by atomic mass is 19.4. The van der Waals surface area contributed by atoms with Crippen molar-refractivity contribution in [1.29, 1.82) is 0 Å². The SMILES string of the molecule is Cc1ccc(NCN2CC[C@@H](CC(F)(F)F)C2)cc1-c1cc(N2CCOCC2)nc(N2CCC[C@H](N)C2)c1. The van der Waals surface area contributed by atoms with Crippen LogP contribution in [0.25, 0.3) is 11.1 Å². The van der Waals surface area contributed by atoms with Crippen molar-refractivity contribution in [2.24, 2.45) is 11.7 Å². The minimum Gasteiger partial charge on any atom is -0.378 e. The minimum absolute atomic E-state index is 0.150. The first-order chi connectivity index (χ1) is 18.2. The molecule has 0 radical (unpaired) electrons. The van der Waals surface area contributed by atoms with Gasteiger partial charge in [0.15, 0.2) is 0 Å². The number of ether oxygens (including phenoxy) is 1. The molecule has 3 N–H and O–H groups in total. The molecule has 1 aromatic heterocycles. The molecule has 0 saturated carbocycles. The summed E-state index contributed by atoms with van der Waals surface area (Å²) >= 11 is 0. The molecule has 7 nitrogen and oxygen atoms in total. The van der Waals surface area contributed by atoms with Gasteiger partial charge in [-0.1, -0.05) is 6.07 Å². The van der Waals surface area contributed by atoms with Gasteiger partial charge in [0, 0.05) is 57.4 Å². The van der Waals surface area contributed by atoms with E-state index in [2.05, 4.69) is 51.2 Å². The number of hydrogen-bond donors (Lipinski definition) is 2. The molecular formula is C28H39F3N6O. The fourth-order valence-corrected chi connectivity index (χ4v) is 5.79. The minimum atomic E-state index is -4.09. The first kappa shape index (κ1) is 27.0. The van der Waals surface area contributed by atoms with Crippen LogP contribution < -0.4 is 20.9 Å². The zero-order valence-electron chi connectivity index (χ0n) is 22.1. The van der Waals surface area contributed by atoms with Crippen molar-refractivity contribution in [3.8, 4) is 11.1 Å². The number of piperidine rings is 1. The summed E-state index contributed by atoms with van der Waals surface area (Å²) < 4.78 is 43.9. The number of likely N-dealkylation sites (tertiary alicyclic amines) is 1. The number of nitrogens with zero attached hydrogens (tertiary/aromatic N) is 4. The summed E-state index contributed by atoms with van der Waals surface area (Å²) in [6.07, 6.45) is -2.12. The van der Waals surface area contributed by atoms with Crippen LogP contribution in [0.1, 0.15) is 31.2 Å². The number of nitrogens with one attached hydrogen (secondary N) is 1. The van der Waals surface area contributed by atoms with Gasteiger partial charge >= 0.3 is 6.18 Å². The molecule has 0 spiro atoms. The maximum Gasteiger partial charge on any atom is 0.389 e. The number of alkyl halides is 3. The van der Waals surface area contributed by atoms with Gasteiger partial charge in [-0.2, -0.15) is 13.2 Å². The summed E-state index contributed by atoms with van der Waals surface area (Å²) in [6, 6.07) is 10.7. The van der Waals surface area contributed by atoms with E-state index in [0.717, 1.165) is 73.0 Å². The monoisotopic (exact) mass is 532 g/mol. The smallest absolute Gasteiger partial charge is 0.378 e. The van der Waals surface area contributed by atoms with Crippen LogP contribution in [0.2, 0.25) is 0 Å². The number of anilines is 3. The Balaban J connectivity index is 1.36. The van der Waals surface area contributed by atoms with E-state index in [1.165, 1.54) is 0 Å². The van der Waals surface area contributed by atoms with Crippen LogP contribution in [0.15, 0.2) is 30.3 Å². The van der Waals surface area contributed by atoms with Crippen LogP contribution in [0.5, 0.6) is 0 Å². The predicted octanol–water partition coefficient (Wildman–Crippen LogP) is 4.46. The number of benzene rings is 1. The van der Waals surface area contributed by atoms with Crippen molar-refractivity contribution in [1.82, 2.24) is 9.88 Å². The molecule has 3 saturated heterocycles. The van der Waals surface area contributed by atoms with Crippen molar-refractivity contribution >= 4 is 17.3 Å². The number of morpholine rings is 1. The van der Waals surface area contributed by atoms with Gasteiger partial charge in [-0.3, -0.25) is 4.90 Å². The van der Waals surface area contributed by atoms with Crippen molar-refractivity contribution in [3.63, 3.8) is 0 Å². The normalized spacial score (nSPS) is 23.2. The van der Waals surface area contributed by atoms with Gasteiger partial charge < -0.3 is 25.6 Å². The maximum atomic E-state index is 12.8. The number of aryl methyl sites for hydroxylation is 1. The van der Waals surface area contributed by atoms with E-state index in [9.17, 15) is 13.2 Å². The van der Waals surface area contributed by atoms with E-state index >= 15 is 0 Å². The Hall–Kier alpha value is -2.56. The summed E-state index contributed by atoms with van der Waals surface area (Å²) in [4.78, 5) is 11.7. The third-order valence-corrected chi connectivity index (χ3v) is 7.86. The van der Waals surface area contributed by atoms with Gasteiger partial charge in [0.25, 0.3) is 0 Å². The second kappa shape index (κ2) is 11.7. The van der Waals surface area contributed by atoms with E-state index in [4.69, 9.17) is 15.5 Å². The third kappa shape index (κ3) is 6.90. The zero-order valence-corrected chi connectivity index (χ0v) is 22.1. The highest BCUT2D eigenvalue weighted by Crippen LogP contribution is 2.34. The number of nitrogens with two attached hydrogens (primary N) is 1. The lowest BCUT2D eigenvalue weighted by Gasteiger charge is -2.34. The van der Waals surface area contributed by atoms with Crippen LogP contribution in [-0.4, -0.2) is 81.3 Å². The number of pyridine rings is 1. The average molecular weight is 533 g/mol. The first-order valence-corrected chi connectivity index (χ1v) is 13.7. The molecule has 0 aliphatic carbocycles. The van der Waals surface area contributed by atoms with Crippen molar-refractivity contribution in [2.75, 3.05) is 74.3 Å². The average Bonchev–Trinajstić information content (AvgIpc) is 3.34. The lowest BCUT2D eigenvalue weighted by molar-refractivity contribution is -0.143. The Bertz CT molecular complexity index is 1090. The van der Waals surface area contributed by atoms with E-state index in [0.29, 0.717) is 39.4 Å². The molecule has 0 unspecified atom stereocenters.